The maximum Gasteiger partial charge on any atom is 0.418 e. The van der Waals surface area contributed by atoms with Gasteiger partial charge in [0.1, 0.15) is 5.76 Å². The Bertz CT molecular complexity index is 908. The van der Waals surface area contributed by atoms with Crippen molar-refractivity contribution in [3.05, 3.63) is 56.3 Å². The fraction of sp³-hybridized carbons (Fsp3) is 0.0667. The molecule has 1 aromatic carbocycles. The molecule has 0 radical (unpaired) electrons. The van der Waals surface area contributed by atoms with Crippen LogP contribution in [0.1, 0.15) is 11.3 Å². The molecule has 2 aromatic rings. The number of nitrogens with zero attached hydrogens (tertiary/aromatic N) is 1. The zero-order valence-electron chi connectivity index (χ0n) is 12.0. The standard InChI is InChI=1S/C15H7BrClF3N2O2S/c16-12-4-2-8(24-12)6-11-13(23)22-14(25-11)21-10-3-1-7(17)5-9(10)15(18,19)20/h1-6H,(H,21,22,23). The SMILES string of the molecule is O=C1NC(=Nc2ccc(Cl)cc2C(F)(F)F)SC1=Cc1ccc(Br)o1. The Hall–Kier alpha value is -1.71. The third-order valence-corrected chi connectivity index (χ3v) is 4.58. The van der Waals surface area contributed by atoms with Crippen LogP contribution >= 0.6 is 39.3 Å². The molecular formula is C15H7BrClF3N2O2S. The summed E-state index contributed by atoms with van der Waals surface area (Å²) in [5.74, 6) is -0.0490. The first kappa shape index (κ1) is 18.1. The van der Waals surface area contributed by atoms with Gasteiger partial charge >= 0.3 is 6.18 Å². The molecule has 0 spiro atoms. The van der Waals surface area contributed by atoms with Crippen molar-refractivity contribution in [3.8, 4) is 0 Å². The van der Waals surface area contributed by atoms with E-state index >= 15 is 0 Å². The van der Waals surface area contributed by atoms with Crippen molar-refractivity contribution in [2.24, 2.45) is 4.99 Å². The molecule has 1 aliphatic heterocycles. The zero-order valence-corrected chi connectivity index (χ0v) is 15.2. The van der Waals surface area contributed by atoms with Crippen LogP contribution in [0.5, 0.6) is 0 Å². The third kappa shape index (κ3) is 4.28. The van der Waals surface area contributed by atoms with Crippen molar-refractivity contribution >= 4 is 62.1 Å². The number of hydrogen-bond acceptors (Lipinski definition) is 4. The maximum atomic E-state index is 13.1. The van der Waals surface area contributed by atoms with E-state index in [0.29, 0.717) is 10.4 Å². The summed E-state index contributed by atoms with van der Waals surface area (Å²) >= 11 is 9.69. The Balaban J connectivity index is 1.91. The molecule has 1 N–H and O–H groups in total. The van der Waals surface area contributed by atoms with Gasteiger partial charge in [0, 0.05) is 11.1 Å². The molecule has 1 saturated heterocycles. The summed E-state index contributed by atoms with van der Waals surface area (Å²) in [5, 5.41) is 2.41. The summed E-state index contributed by atoms with van der Waals surface area (Å²) in [6, 6.07) is 6.54. The quantitative estimate of drug-likeness (QED) is 0.604. The van der Waals surface area contributed by atoms with Gasteiger partial charge < -0.3 is 9.73 Å². The lowest BCUT2D eigenvalue weighted by Crippen LogP contribution is -2.19. The minimum Gasteiger partial charge on any atom is -0.450 e. The second-order valence-electron chi connectivity index (χ2n) is 4.78. The highest BCUT2D eigenvalue weighted by molar-refractivity contribution is 9.10. The molecule has 25 heavy (non-hydrogen) atoms. The van der Waals surface area contributed by atoms with Crippen LogP contribution in [0.4, 0.5) is 18.9 Å². The normalized spacial score (nSPS) is 18.2. The second kappa shape index (κ2) is 6.89. The van der Waals surface area contributed by atoms with Gasteiger partial charge in [0.15, 0.2) is 9.84 Å². The van der Waals surface area contributed by atoms with Crippen LogP contribution in [0.15, 0.2) is 49.3 Å². The number of carbonyl (C=O) groups excluding carboxylic acids is 1. The fourth-order valence-electron chi connectivity index (χ4n) is 1.96. The number of rotatable bonds is 2. The van der Waals surface area contributed by atoms with E-state index in [4.69, 9.17) is 16.0 Å². The highest BCUT2D eigenvalue weighted by atomic mass is 79.9. The number of aliphatic imine (C=N–C) groups is 1. The van der Waals surface area contributed by atoms with Crippen LogP contribution in [0, 0.1) is 0 Å². The molecule has 1 aromatic heterocycles. The molecule has 2 heterocycles. The lowest BCUT2D eigenvalue weighted by Gasteiger charge is -2.10. The first-order valence-electron chi connectivity index (χ1n) is 6.64. The molecule has 3 rings (SSSR count). The lowest BCUT2D eigenvalue weighted by molar-refractivity contribution is -0.137. The van der Waals surface area contributed by atoms with Gasteiger partial charge in [-0.2, -0.15) is 13.2 Å². The smallest absolute Gasteiger partial charge is 0.418 e. The van der Waals surface area contributed by atoms with Gasteiger partial charge in [0.25, 0.3) is 5.91 Å². The van der Waals surface area contributed by atoms with Crippen LogP contribution in [0.2, 0.25) is 5.02 Å². The van der Waals surface area contributed by atoms with E-state index in [9.17, 15) is 18.0 Å². The van der Waals surface area contributed by atoms with E-state index in [1.165, 1.54) is 12.1 Å². The number of furan rings is 1. The number of nitrogens with one attached hydrogen (secondary N) is 1. The van der Waals surface area contributed by atoms with Crippen LogP contribution in [0.3, 0.4) is 0 Å². The number of benzene rings is 1. The second-order valence-corrected chi connectivity index (χ2v) is 7.03. The fourth-order valence-corrected chi connectivity index (χ4v) is 3.26. The van der Waals surface area contributed by atoms with Gasteiger partial charge in [0.2, 0.25) is 0 Å². The van der Waals surface area contributed by atoms with E-state index in [0.717, 1.165) is 23.9 Å². The summed E-state index contributed by atoms with van der Waals surface area (Å²) < 4.78 is 45.0. The van der Waals surface area contributed by atoms with E-state index in [-0.39, 0.29) is 20.8 Å². The Kier molecular flexibility index (Phi) is 4.99. The average molecular weight is 452 g/mol. The molecular weight excluding hydrogens is 445 g/mol. The highest BCUT2D eigenvalue weighted by Gasteiger charge is 2.34. The molecule has 0 saturated carbocycles. The Morgan fingerprint density at radius 1 is 1.28 bits per heavy atom. The number of hydrogen-bond donors (Lipinski definition) is 1. The highest BCUT2D eigenvalue weighted by Crippen LogP contribution is 2.39. The summed E-state index contributed by atoms with van der Waals surface area (Å²) in [5.41, 5.74) is -1.31. The summed E-state index contributed by atoms with van der Waals surface area (Å²) in [6.45, 7) is 0. The number of amides is 1. The van der Waals surface area contributed by atoms with Crippen molar-refractivity contribution in [2.75, 3.05) is 0 Å². The van der Waals surface area contributed by atoms with Crippen molar-refractivity contribution in [1.82, 2.24) is 5.32 Å². The van der Waals surface area contributed by atoms with E-state index in [1.54, 1.807) is 12.1 Å². The van der Waals surface area contributed by atoms with Crippen LogP contribution in [0.25, 0.3) is 6.08 Å². The topological polar surface area (TPSA) is 54.6 Å². The molecule has 1 aliphatic rings. The van der Waals surface area contributed by atoms with E-state index in [1.807, 2.05) is 0 Å². The van der Waals surface area contributed by atoms with Gasteiger partial charge in [-0.05, 0) is 58.0 Å². The third-order valence-electron chi connectivity index (χ3n) is 3.00. The van der Waals surface area contributed by atoms with Crippen molar-refractivity contribution in [1.29, 1.82) is 0 Å². The molecule has 0 bridgehead atoms. The monoisotopic (exact) mass is 450 g/mol. The number of amidine groups is 1. The van der Waals surface area contributed by atoms with E-state index in [2.05, 4.69) is 26.2 Å². The van der Waals surface area contributed by atoms with Gasteiger partial charge in [-0.1, -0.05) is 11.6 Å². The van der Waals surface area contributed by atoms with Crippen LogP contribution < -0.4 is 5.32 Å². The lowest BCUT2D eigenvalue weighted by atomic mass is 10.2. The molecule has 10 heteroatoms. The minimum atomic E-state index is -4.61. The van der Waals surface area contributed by atoms with Crippen molar-refractivity contribution in [2.45, 2.75) is 6.18 Å². The average Bonchev–Trinajstić information content (AvgIpc) is 3.06. The molecule has 0 aliphatic carbocycles. The van der Waals surface area contributed by atoms with Crippen LogP contribution in [-0.4, -0.2) is 11.1 Å². The van der Waals surface area contributed by atoms with Gasteiger partial charge in [-0.25, -0.2) is 4.99 Å². The van der Waals surface area contributed by atoms with Crippen molar-refractivity contribution < 1.29 is 22.4 Å². The number of halogens is 5. The largest absolute Gasteiger partial charge is 0.450 e. The number of thioether (sulfide) groups is 1. The first-order valence-corrected chi connectivity index (χ1v) is 8.63. The Morgan fingerprint density at radius 3 is 2.68 bits per heavy atom. The number of alkyl halides is 3. The molecule has 1 fully saturated rings. The molecule has 4 nitrogen and oxygen atoms in total. The maximum absolute atomic E-state index is 13.1. The van der Waals surface area contributed by atoms with Crippen molar-refractivity contribution in [3.63, 3.8) is 0 Å². The summed E-state index contributed by atoms with van der Waals surface area (Å²) in [7, 11) is 0. The summed E-state index contributed by atoms with van der Waals surface area (Å²) in [6.07, 6.45) is -3.14. The van der Waals surface area contributed by atoms with Gasteiger partial charge in [-0.3, -0.25) is 4.79 Å². The van der Waals surface area contributed by atoms with Crippen LogP contribution in [-0.2, 0) is 11.0 Å². The first-order chi connectivity index (χ1) is 11.7. The Labute approximate surface area is 157 Å². The molecule has 130 valence electrons. The predicted molar refractivity (Wildman–Crippen MR) is 93.7 cm³/mol. The van der Waals surface area contributed by atoms with Gasteiger partial charge in [0.05, 0.1) is 16.2 Å². The summed E-state index contributed by atoms with van der Waals surface area (Å²) in [4.78, 5) is 16.1. The number of carbonyl (C=O) groups is 1. The van der Waals surface area contributed by atoms with E-state index < -0.39 is 17.6 Å². The Morgan fingerprint density at radius 2 is 2.04 bits per heavy atom. The molecule has 1 amide bonds. The molecule has 0 unspecified atom stereocenters. The van der Waals surface area contributed by atoms with Gasteiger partial charge in [-0.15, -0.1) is 0 Å². The molecule has 0 atom stereocenters. The minimum absolute atomic E-state index is 0.0368. The predicted octanol–water partition coefficient (Wildman–Crippen LogP) is 5.61. The zero-order chi connectivity index (χ0) is 18.2.